The van der Waals surface area contributed by atoms with E-state index in [9.17, 15) is 9.50 Å². The Balaban J connectivity index is 2.15. The van der Waals surface area contributed by atoms with Gasteiger partial charge in [0.05, 0.1) is 11.9 Å². The largest absolute Gasteiger partial charge is 0.492 e. The zero-order chi connectivity index (χ0) is 14.1. The summed E-state index contributed by atoms with van der Waals surface area (Å²) in [6.45, 7) is 0. The second-order valence-corrected chi connectivity index (χ2v) is 4.74. The van der Waals surface area contributed by atoms with Crippen LogP contribution in [0.15, 0.2) is 35.6 Å². The normalized spacial score (nSPS) is 10.9. The van der Waals surface area contributed by atoms with E-state index < -0.39 is 0 Å². The molecule has 7 heteroatoms. The zero-order valence-corrected chi connectivity index (χ0v) is 11.2. The molecular weight excluding hydrogens is 279 g/mol. The van der Waals surface area contributed by atoms with Crippen molar-refractivity contribution in [3.8, 4) is 17.1 Å². The Morgan fingerprint density at radius 3 is 2.55 bits per heavy atom. The lowest BCUT2D eigenvalue weighted by atomic mass is 10.1. The summed E-state index contributed by atoms with van der Waals surface area (Å²) < 4.78 is 12.9. The number of aromatic nitrogens is 4. The average molecular weight is 288 g/mol. The van der Waals surface area contributed by atoms with Gasteiger partial charge in [0.2, 0.25) is 5.88 Å². The third-order valence-corrected chi connectivity index (χ3v) is 3.24. The van der Waals surface area contributed by atoms with Crippen molar-refractivity contribution in [2.24, 2.45) is 0 Å². The highest BCUT2D eigenvalue weighted by Gasteiger charge is 2.11. The molecule has 0 fully saturated rings. The van der Waals surface area contributed by atoms with Gasteiger partial charge >= 0.3 is 0 Å². The smallest absolute Gasteiger partial charge is 0.243 e. The van der Waals surface area contributed by atoms with Crippen LogP contribution < -0.4 is 0 Å². The first kappa shape index (κ1) is 12.7. The van der Waals surface area contributed by atoms with Crippen molar-refractivity contribution in [2.75, 3.05) is 6.26 Å². The summed E-state index contributed by atoms with van der Waals surface area (Å²) in [5.41, 5.74) is 1.78. The molecule has 0 unspecified atom stereocenters. The number of rotatable bonds is 2. The maximum atomic E-state index is 12.9. The average Bonchev–Trinajstić information content (AvgIpc) is 2.47. The van der Waals surface area contributed by atoms with Gasteiger partial charge in [-0.15, -0.1) is 0 Å². The first-order valence-corrected chi connectivity index (χ1v) is 6.93. The first-order chi connectivity index (χ1) is 9.67. The molecule has 0 aliphatic heterocycles. The molecule has 0 saturated carbocycles. The van der Waals surface area contributed by atoms with Gasteiger partial charge in [0, 0.05) is 5.56 Å². The molecule has 0 amide bonds. The van der Waals surface area contributed by atoms with Crippen LogP contribution in [0.1, 0.15) is 0 Å². The topological polar surface area (TPSA) is 71.8 Å². The molecule has 0 atom stereocenters. The van der Waals surface area contributed by atoms with Gasteiger partial charge in [-0.1, -0.05) is 11.8 Å². The molecular formula is C13H9FN4OS. The minimum absolute atomic E-state index is 0.212. The van der Waals surface area contributed by atoms with E-state index >= 15 is 0 Å². The number of halogens is 1. The molecule has 3 aromatic rings. The lowest BCUT2D eigenvalue weighted by Gasteiger charge is -2.04. The fourth-order valence-electron chi connectivity index (χ4n) is 1.72. The van der Waals surface area contributed by atoms with Gasteiger partial charge in [-0.25, -0.2) is 19.3 Å². The fourth-order valence-corrected chi connectivity index (χ4v) is 2.08. The predicted octanol–water partition coefficient (Wildman–Crippen LogP) is 2.65. The standard InChI is InChI=1S/C13H9FN4OS/c1-20-13-17-11-10(12(19)18-13)16-9(6-15-11)7-2-4-8(14)5-3-7/h2-6H,1H3,(H,15,17,18,19). The molecule has 2 heterocycles. The lowest BCUT2D eigenvalue weighted by Crippen LogP contribution is -1.95. The Morgan fingerprint density at radius 2 is 1.85 bits per heavy atom. The van der Waals surface area contributed by atoms with E-state index in [1.165, 1.54) is 30.1 Å². The summed E-state index contributed by atoms with van der Waals surface area (Å²) in [6.07, 6.45) is 3.34. The fraction of sp³-hybridized carbons (Fsp3) is 0.0769. The van der Waals surface area contributed by atoms with Crippen LogP contribution in [-0.2, 0) is 0 Å². The van der Waals surface area contributed by atoms with Gasteiger partial charge in [0.25, 0.3) is 0 Å². The van der Waals surface area contributed by atoms with E-state index in [0.29, 0.717) is 22.1 Å². The first-order valence-electron chi connectivity index (χ1n) is 5.71. The Morgan fingerprint density at radius 1 is 1.10 bits per heavy atom. The molecule has 1 N–H and O–H groups in total. The molecule has 0 bridgehead atoms. The van der Waals surface area contributed by atoms with Crippen LogP contribution in [0, 0.1) is 5.82 Å². The van der Waals surface area contributed by atoms with E-state index in [-0.39, 0.29) is 17.2 Å². The Hall–Kier alpha value is -2.28. The van der Waals surface area contributed by atoms with Crippen molar-refractivity contribution in [3.63, 3.8) is 0 Å². The maximum Gasteiger partial charge on any atom is 0.243 e. The predicted molar refractivity (Wildman–Crippen MR) is 74.0 cm³/mol. The van der Waals surface area contributed by atoms with Crippen molar-refractivity contribution >= 4 is 22.9 Å². The second kappa shape index (κ2) is 5.01. The van der Waals surface area contributed by atoms with Gasteiger partial charge < -0.3 is 5.11 Å². The van der Waals surface area contributed by atoms with Crippen molar-refractivity contribution < 1.29 is 9.50 Å². The highest BCUT2D eigenvalue weighted by molar-refractivity contribution is 7.98. The van der Waals surface area contributed by atoms with Gasteiger partial charge in [0.1, 0.15) is 5.82 Å². The van der Waals surface area contributed by atoms with Crippen molar-refractivity contribution in [2.45, 2.75) is 5.16 Å². The minimum atomic E-state index is -0.321. The van der Waals surface area contributed by atoms with E-state index in [4.69, 9.17) is 0 Å². The van der Waals surface area contributed by atoms with E-state index in [0.717, 1.165) is 0 Å². The number of fused-ring (bicyclic) bond motifs is 1. The van der Waals surface area contributed by atoms with Crippen molar-refractivity contribution in [1.29, 1.82) is 0 Å². The summed E-state index contributed by atoms with van der Waals surface area (Å²) >= 11 is 1.31. The van der Waals surface area contributed by atoms with Crippen LogP contribution in [0.5, 0.6) is 5.88 Å². The maximum absolute atomic E-state index is 12.9. The van der Waals surface area contributed by atoms with Crippen LogP contribution in [0.25, 0.3) is 22.4 Å². The number of hydrogen-bond acceptors (Lipinski definition) is 6. The Labute approximate surface area is 117 Å². The molecule has 0 aliphatic rings. The SMILES string of the molecule is CSc1nc(O)c2nc(-c3ccc(F)cc3)cnc2n1. The molecule has 100 valence electrons. The second-order valence-electron chi connectivity index (χ2n) is 3.97. The molecule has 5 nitrogen and oxygen atoms in total. The summed E-state index contributed by atoms with van der Waals surface area (Å²) in [5, 5.41) is 10.3. The molecule has 0 saturated heterocycles. The van der Waals surface area contributed by atoms with Crippen LogP contribution in [0.3, 0.4) is 0 Å². The van der Waals surface area contributed by atoms with Crippen molar-refractivity contribution in [3.05, 3.63) is 36.3 Å². The lowest BCUT2D eigenvalue weighted by molar-refractivity contribution is 0.452. The number of hydrogen-bond donors (Lipinski definition) is 1. The Kier molecular flexibility index (Phi) is 3.19. The molecule has 0 spiro atoms. The van der Waals surface area contributed by atoms with Gasteiger partial charge in [0.15, 0.2) is 16.3 Å². The molecule has 1 aromatic carbocycles. The number of aromatic hydroxyl groups is 1. The zero-order valence-electron chi connectivity index (χ0n) is 10.4. The third kappa shape index (κ3) is 2.27. The third-order valence-electron chi connectivity index (χ3n) is 2.69. The van der Waals surface area contributed by atoms with Crippen LogP contribution in [-0.4, -0.2) is 31.3 Å². The highest BCUT2D eigenvalue weighted by Crippen LogP contribution is 2.24. The van der Waals surface area contributed by atoms with Crippen molar-refractivity contribution in [1.82, 2.24) is 19.9 Å². The molecule has 20 heavy (non-hydrogen) atoms. The van der Waals surface area contributed by atoms with Crippen LogP contribution >= 0.6 is 11.8 Å². The monoisotopic (exact) mass is 288 g/mol. The van der Waals surface area contributed by atoms with Crippen LogP contribution in [0.2, 0.25) is 0 Å². The van der Waals surface area contributed by atoms with E-state index in [1.54, 1.807) is 18.4 Å². The summed E-state index contributed by atoms with van der Waals surface area (Å²) in [4.78, 5) is 16.5. The highest BCUT2D eigenvalue weighted by atomic mass is 32.2. The van der Waals surface area contributed by atoms with Gasteiger partial charge in [-0.05, 0) is 30.5 Å². The molecule has 0 aliphatic carbocycles. The molecule has 2 aromatic heterocycles. The summed E-state index contributed by atoms with van der Waals surface area (Å²) in [5.74, 6) is -0.533. The van der Waals surface area contributed by atoms with E-state index in [1.807, 2.05) is 0 Å². The van der Waals surface area contributed by atoms with Crippen LogP contribution in [0.4, 0.5) is 4.39 Å². The Bertz CT molecular complexity index is 779. The van der Waals surface area contributed by atoms with Gasteiger partial charge in [-0.3, -0.25) is 0 Å². The summed E-state index contributed by atoms with van der Waals surface area (Å²) in [6, 6.07) is 5.88. The quantitative estimate of drug-likeness (QED) is 0.577. The number of nitrogens with zero attached hydrogens (tertiary/aromatic N) is 4. The minimum Gasteiger partial charge on any atom is -0.492 e. The number of thioether (sulfide) groups is 1. The summed E-state index contributed by atoms with van der Waals surface area (Å²) in [7, 11) is 0. The number of benzene rings is 1. The molecule has 0 radical (unpaired) electrons. The molecule has 3 rings (SSSR count). The van der Waals surface area contributed by atoms with Gasteiger partial charge in [-0.2, -0.15) is 4.98 Å². The van der Waals surface area contributed by atoms with E-state index in [2.05, 4.69) is 19.9 Å².